The fourth-order valence-corrected chi connectivity index (χ4v) is 2.80. The van der Waals surface area contributed by atoms with Crippen LogP contribution in [0.25, 0.3) is 0 Å². The van der Waals surface area contributed by atoms with E-state index in [0.29, 0.717) is 17.9 Å². The Kier molecular flexibility index (Phi) is 3.29. The first kappa shape index (κ1) is 13.5. The lowest BCUT2D eigenvalue weighted by Crippen LogP contribution is -2.24. The monoisotopic (exact) mass is 287 g/mol. The summed E-state index contributed by atoms with van der Waals surface area (Å²) in [5.41, 5.74) is 1.92. The Morgan fingerprint density at radius 3 is 2.81 bits per heavy atom. The Bertz CT molecular complexity index is 693. The van der Waals surface area contributed by atoms with E-state index in [-0.39, 0.29) is 11.8 Å². The van der Waals surface area contributed by atoms with Gasteiger partial charge in [-0.05, 0) is 6.07 Å². The maximum Gasteiger partial charge on any atom is 0.226 e. The van der Waals surface area contributed by atoms with E-state index in [1.807, 2.05) is 25.2 Å². The van der Waals surface area contributed by atoms with E-state index in [9.17, 15) is 4.79 Å². The Morgan fingerprint density at radius 1 is 1.29 bits per heavy atom. The Morgan fingerprint density at radius 2 is 2.10 bits per heavy atom. The third-order valence-electron chi connectivity index (χ3n) is 3.80. The molecular weight excluding hydrogens is 270 g/mol. The van der Waals surface area contributed by atoms with Crippen molar-refractivity contribution in [3.8, 4) is 11.5 Å². The number of nitrogens with zero attached hydrogens (tertiary/aromatic N) is 2. The number of hydrogen-bond donors (Lipinski definition) is 1. The molecule has 1 aliphatic rings. The van der Waals surface area contributed by atoms with Gasteiger partial charge < -0.3 is 14.8 Å². The number of rotatable bonds is 3. The summed E-state index contributed by atoms with van der Waals surface area (Å²) < 4.78 is 12.5. The van der Waals surface area contributed by atoms with Gasteiger partial charge in [-0.2, -0.15) is 5.10 Å². The molecule has 0 saturated carbocycles. The molecule has 0 fully saturated rings. The average molecular weight is 287 g/mol. The minimum absolute atomic E-state index is 0.0269. The molecule has 1 amide bonds. The molecule has 3 rings (SSSR count). The first-order valence-electron chi connectivity index (χ1n) is 6.68. The second kappa shape index (κ2) is 5.12. The topological polar surface area (TPSA) is 65.4 Å². The number of amides is 1. The van der Waals surface area contributed by atoms with Crippen LogP contribution in [-0.2, 0) is 11.8 Å². The van der Waals surface area contributed by atoms with Gasteiger partial charge in [0, 0.05) is 30.5 Å². The molecule has 0 aliphatic carbocycles. The lowest BCUT2D eigenvalue weighted by Gasteiger charge is -2.25. The summed E-state index contributed by atoms with van der Waals surface area (Å²) in [6, 6.07) is 5.70. The number of carbonyl (C=O) groups is 1. The van der Waals surface area contributed by atoms with E-state index in [0.717, 1.165) is 16.9 Å². The highest BCUT2D eigenvalue weighted by Crippen LogP contribution is 2.43. The van der Waals surface area contributed by atoms with Gasteiger partial charge in [-0.25, -0.2) is 0 Å². The van der Waals surface area contributed by atoms with Crippen LogP contribution in [0.5, 0.6) is 11.5 Å². The zero-order valence-electron chi connectivity index (χ0n) is 12.2. The van der Waals surface area contributed by atoms with Crippen molar-refractivity contribution < 1.29 is 14.3 Å². The van der Waals surface area contributed by atoms with Crippen molar-refractivity contribution in [3.05, 3.63) is 35.5 Å². The number of aromatic nitrogens is 2. The zero-order valence-corrected chi connectivity index (χ0v) is 12.2. The highest BCUT2D eigenvalue weighted by atomic mass is 16.5. The second-order valence-electron chi connectivity index (χ2n) is 4.96. The van der Waals surface area contributed by atoms with E-state index in [2.05, 4.69) is 10.4 Å². The summed E-state index contributed by atoms with van der Waals surface area (Å²) in [6.45, 7) is 0. The van der Waals surface area contributed by atoms with Crippen molar-refractivity contribution in [1.29, 1.82) is 0 Å². The Hall–Kier alpha value is -2.50. The fraction of sp³-hybridized carbons (Fsp3) is 0.333. The molecule has 1 aromatic heterocycles. The lowest BCUT2D eigenvalue weighted by atomic mass is 9.86. The van der Waals surface area contributed by atoms with Gasteiger partial charge in [-0.1, -0.05) is 12.1 Å². The predicted molar refractivity (Wildman–Crippen MR) is 77.8 cm³/mol. The van der Waals surface area contributed by atoms with Gasteiger partial charge in [-0.15, -0.1) is 0 Å². The summed E-state index contributed by atoms with van der Waals surface area (Å²) in [6.07, 6.45) is 2.15. The number of aryl methyl sites for hydroxylation is 1. The van der Waals surface area contributed by atoms with Crippen molar-refractivity contribution in [2.75, 3.05) is 19.5 Å². The maximum absolute atomic E-state index is 12.0. The maximum atomic E-state index is 12.0. The number of nitrogens with one attached hydrogen (secondary N) is 1. The van der Waals surface area contributed by atoms with Crippen LogP contribution in [-0.4, -0.2) is 29.9 Å². The van der Waals surface area contributed by atoms with Crippen molar-refractivity contribution in [3.63, 3.8) is 0 Å². The van der Waals surface area contributed by atoms with Crippen molar-refractivity contribution in [1.82, 2.24) is 9.78 Å². The first-order valence-corrected chi connectivity index (χ1v) is 6.68. The van der Waals surface area contributed by atoms with Crippen LogP contribution in [0.2, 0.25) is 0 Å². The van der Waals surface area contributed by atoms with Gasteiger partial charge in [0.15, 0.2) is 11.5 Å². The largest absolute Gasteiger partial charge is 0.493 e. The molecule has 2 heterocycles. The smallest absolute Gasteiger partial charge is 0.226 e. The van der Waals surface area contributed by atoms with Gasteiger partial charge in [0.25, 0.3) is 0 Å². The number of fused-ring (bicyclic) bond motifs is 1. The summed E-state index contributed by atoms with van der Waals surface area (Å²) in [5.74, 6) is 1.94. The number of benzene rings is 1. The summed E-state index contributed by atoms with van der Waals surface area (Å²) in [5, 5.41) is 7.10. The van der Waals surface area contributed by atoms with Crippen molar-refractivity contribution in [2.45, 2.75) is 12.3 Å². The van der Waals surface area contributed by atoms with Gasteiger partial charge in [0.05, 0.1) is 20.4 Å². The second-order valence-corrected chi connectivity index (χ2v) is 4.96. The van der Waals surface area contributed by atoms with E-state index < -0.39 is 0 Å². The van der Waals surface area contributed by atoms with Gasteiger partial charge in [-0.3, -0.25) is 9.48 Å². The van der Waals surface area contributed by atoms with Gasteiger partial charge >= 0.3 is 0 Å². The third-order valence-corrected chi connectivity index (χ3v) is 3.80. The summed E-state index contributed by atoms with van der Waals surface area (Å²) >= 11 is 0. The van der Waals surface area contributed by atoms with Gasteiger partial charge in [0.2, 0.25) is 5.91 Å². The SMILES string of the molecule is COc1cccc([C@H]2CC(=O)Nc3c2cnn3C)c1OC. The molecule has 6 heteroatoms. The van der Waals surface area contributed by atoms with Crippen LogP contribution >= 0.6 is 0 Å². The van der Waals surface area contributed by atoms with Gasteiger partial charge in [0.1, 0.15) is 5.82 Å². The van der Waals surface area contributed by atoms with Crippen molar-refractivity contribution in [2.24, 2.45) is 7.05 Å². The number of hydrogen-bond acceptors (Lipinski definition) is 4. The molecule has 1 aliphatic heterocycles. The Labute approximate surface area is 122 Å². The highest BCUT2D eigenvalue weighted by molar-refractivity contribution is 5.94. The number of ether oxygens (including phenoxy) is 2. The van der Waals surface area contributed by atoms with Crippen LogP contribution < -0.4 is 14.8 Å². The fourth-order valence-electron chi connectivity index (χ4n) is 2.80. The third kappa shape index (κ3) is 2.12. The molecular formula is C15H17N3O3. The van der Waals surface area contributed by atoms with Crippen LogP contribution in [0.3, 0.4) is 0 Å². The minimum atomic E-state index is -0.0903. The molecule has 6 nitrogen and oxygen atoms in total. The Balaban J connectivity index is 2.15. The number of anilines is 1. The highest BCUT2D eigenvalue weighted by Gasteiger charge is 2.31. The average Bonchev–Trinajstić information content (AvgIpc) is 2.87. The number of carbonyl (C=O) groups excluding carboxylic acids is 1. The quantitative estimate of drug-likeness (QED) is 0.936. The van der Waals surface area contributed by atoms with E-state index >= 15 is 0 Å². The normalized spacial score (nSPS) is 17.1. The van der Waals surface area contributed by atoms with E-state index in [4.69, 9.17) is 9.47 Å². The van der Waals surface area contributed by atoms with Crippen LogP contribution in [0.4, 0.5) is 5.82 Å². The predicted octanol–water partition coefficient (Wildman–Crippen LogP) is 1.91. The molecule has 110 valence electrons. The molecule has 0 saturated heterocycles. The molecule has 0 bridgehead atoms. The van der Waals surface area contributed by atoms with E-state index in [1.54, 1.807) is 25.1 Å². The van der Waals surface area contributed by atoms with Crippen molar-refractivity contribution >= 4 is 11.7 Å². The zero-order chi connectivity index (χ0) is 15.0. The molecule has 2 aromatic rings. The lowest BCUT2D eigenvalue weighted by molar-refractivity contribution is -0.116. The minimum Gasteiger partial charge on any atom is -0.493 e. The molecule has 0 radical (unpaired) electrons. The number of methoxy groups -OCH3 is 2. The molecule has 1 N–H and O–H groups in total. The molecule has 0 spiro atoms. The van der Waals surface area contributed by atoms with E-state index in [1.165, 1.54) is 0 Å². The van der Waals surface area contributed by atoms with Crippen LogP contribution in [0.1, 0.15) is 23.5 Å². The summed E-state index contributed by atoms with van der Waals surface area (Å²) in [7, 11) is 5.02. The van der Waals surface area contributed by atoms with Crippen LogP contribution in [0.15, 0.2) is 24.4 Å². The first-order chi connectivity index (χ1) is 10.2. The molecule has 1 aromatic carbocycles. The molecule has 0 unspecified atom stereocenters. The number of para-hydroxylation sites is 1. The molecule has 1 atom stereocenters. The summed E-state index contributed by atoms with van der Waals surface area (Å²) in [4.78, 5) is 12.0. The van der Waals surface area contributed by atoms with Crippen LogP contribution in [0, 0.1) is 0 Å². The molecule has 21 heavy (non-hydrogen) atoms. The standard InChI is InChI=1S/C15H17N3O3/c1-18-15-11(8-16-18)10(7-13(19)17-15)9-5-4-6-12(20-2)14(9)21-3/h4-6,8,10H,7H2,1-3H3,(H,17,19)/t10-/m1/s1.